The SMILES string of the molecule is COc1cc([N+](=O)[O-])ccc1NCCN1CCNCC1. The van der Waals surface area contributed by atoms with E-state index in [-0.39, 0.29) is 5.69 Å². The fourth-order valence-electron chi connectivity index (χ4n) is 2.22. The number of rotatable bonds is 6. The molecular weight excluding hydrogens is 260 g/mol. The van der Waals surface area contributed by atoms with E-state index in [1.54, 1.807) is 6.07 Å². The number of nitro benzene ring substituents is 1. The van der Waals surface area contributed by atoms with E-state index in [1.165, 1.54) is 19.2 Å². The van der Waals surface area contributed by atoms with Gasteiger partial charge in [0.25, 0.3) is 5.69 Å². The number of hydrogen-bond acceptors (Lipinski definition) is 6. The number of methoxy groups -OCH3 is 1. The molecule has 7 heteroatoms. The van der Waals surface area contributed by atoms with Crippen molar-refractivity contribution >= 4 is 11.4 Å². The fraction of sp³-hybridized carbons (Fsp3) is 0.538. The van der Waals surface area contributed by atoms with E-state index >= 15 is 0 Å². The summed E-state index contributed by atoms with van der Waals surface area (Å²) >= 11 is 0. The highest BCUT2D eigenvalue weighted by Crippen LogP contribution is 2.28. The molecule has 110 valence electrons. The maximum Gasteiger partial charge on any atom is 0.273 e. The van der Waals surface area contributed by atoms with Gasteiger partial charge in [0.1, 0.15) is 5.75 Å². The van der Waals surface area contributed by atoms with Crippen molar-refractivity contribution in [2.75, 3.05) is 51.7 Å². The second kappa shape index (κ2) is 7.06. The minimum absolute atomic E-state index is 0.0366. The van der Waals surface area contributed by atoms with Gasteiger partial charge in [0.05, 0.1) is 23.8 Å². The lowest BCUT2D eigenvalue weighted by molar-refractivity contribution is -0.384. The number of nitrogens with zero attached hydrogens (tertiary/aromatic N) is 2. The van der Waals surface area contributed by atoms with Gasteiger partial charge < -0.3 is 15.4 Å². The lowest BCUT2D eigenvalue weighted by atomic mass is 10.2. The molecule has 0 amide bonds. The molecule has 0 aliphatic carbocycles. The number of anilines is 1. The minimum atomic E-state index is -0.424. The number of nitro groups is 1. The van der Waals surface area contributed by atoms with Crippen molar-refractivity contribution in [2.45, 2.75) is 0 Å². The first kappa shape index (κ1) is 14.5. The molecule has 1 aromatic rings. The zero-order valence-electron chi connectivity index (χ0n) is 11.6. The van der Waals surface area contributed by atoms with Crippen LogP contribution in [-0.2, 0) is 0 Å². The highest BCUT2D eigenvalue weighted by Gasteiger charge is 2.12. The van der Waals surface area contributed by atoms with E-state index in [4.69, 9.17) is 4.74 Å². The summed E-state index contributed by atoms with van der Waals surface area (Å²) in [5, 5.41) is 17.3. The lowest BCUT2D eigenvalue weighted by Crippen LogP contribution is -2.45. The molecule has 2 rings (SSSR count). The van der Waals surface area contributed by atoms with Crippen LogP contribution in [0.15, 0.2) is 18.2 Å². The minimum Gasteiger partial charge on any atom is -0.494 e. The Morgan fingerprint density at radius 1 is 1.45 bits per heavy atom. The maximum absolute atomic E-state index is 10.7. The second-order valence-corrected chi connectivity index (χ2v) is 4.66. The largest absolute Gasteiger partial charge is 0.494 e. The first-order valence-corrected chi connectivity index (χ1v) is 6.70. The van der Waals surface area contributed by atoms with Gasteiger partial charge in [0.15, 0.2) is 0 Å². The van der Waals surface area contributed by atoms with Crippen molar-refractivity contribution in [3.63, 3.8) is 0 Å². The van der Waals surface area contributed by atoms with Gasteiger partial charge in [-0.25, -0.2) is 0 Å². The summed E-state index contributed by atoms with van der Waals surface area (Å²) in [4.78, 5) is 12.7. The third-order valence-corrected chi connectivity index (χ3v) is 3.35. The molecular formula is C13H20N4O3. The summed E-state index contributed by atoms with van der Waals surface area (Å²) in [6.07, 6.45) is 0. The Hall–Kier alpha value is -1.86. The molecule has 0 unspecified atom stereocenters. The van der Waals surface area contributed by atoms with Gasteiger partial charge in [0, 0.05) is 45.3 Å². The number of piperazine rings is 1. The summed E-state index contributed by atoms with van der Waals surface area (Å²) in [7, 11) is 1.51. The van der Waals surface area contributed by atoms with E-state index in [0.717, 1.165) is 45.0 Å². The smallest absolute Gasteiger partial charge is 0.273 e. The Kier molecular flexibility index (Phi) is 5.14. The first-order chi connectivity index (χ1) is 9.70. The molecule has 0 saturated carbocycles. The van der Waals surface area contributed by atoms with Crippen molar-refractivity contribution in [2.24, 2.45) is 0 Å². The first-order valence-electron chi connectivity index (χ1n) is 6.70. The quantitative estimate of drug-likeness (QED) is 0.596. The average Bonchev–Trinajstić information content (AvgIpc) is 2.48. The normalized spacial score (nSPS) is 15.8. The number of non-ortho nitro benzene ring substituents is 1. The molecule has 1 aromatic carbocycles. The van der Waals surface area contributed by atoms with Gasteiger partial charge in [-0.2, -0.15) is 0 Å². The molecule has 2 N–H and O–H groups in total. The van der Waals surface area contributed by atoms with Crippen LogP contribution in [0.5, 0.6) is 5.75 Å². The summed E-state index contributed by atoms with van der Waals surface area (Å²) < 4.78 is 5.19. The van der Waals surface area contributed by atoms with Crippen molar-refractivity contribution in [3.05, 3.63) is 28.3 Å². The van der Waals surface area contributed by atoms with Crippen LogP contribution in [0, 0.1) is 10.1 Å². The van der Waals surface area contributed by atoms with E-state index in [1.807, 2.05) is 0 Å². The molecule has 1 saturated heterocycles. The van der Waals surface area contributed by atoms with Crippen LogP contribution in [-0.4, -0.2) is 56.2 Å². The highest BCUT2D eigenvalue weighted by molar-refractivity contribution is 5.60. The van der Waals surface area contributed by atoms with Gasteiger partial charge in [0.2, 0.25) is 0 Å². The van der Waals surface area contributed by atoms with Crippen LogP contribution in [0.25, 0.3) is 0 Å². The zero-order valence-corrected chi connectivity index (χ0v) is 11.6. The molecule has 1 aliphatic heterocycles. The maximum atomic E-state index is 10.7. The summed E-state index contributed by atoms with van der Waals surface area (Å²) in [6, 6.07) is 4.61. The van der Waals surface area contributed by atoms with Crippen LogP contribution < -0.4 is 15.4 Å². The van der Waals surface area contributed by atoms with E-state index in [0.29, 0.717) is 5.75 Å². The van der Waals surface area contributed by atoms with E-state index in [9.17, 15) is 10.1 Å². The topological polar surface area (TPSA) is 79.7 Å². The molecule has 0 bridgehead atoms. The monoisotopic (exact) mass is 280 g/mol. The van der Waals surface area contributed by atoms with Gasteiger partial charge in [-0.05, 0) is 6.07 Å². The zero-order chi connectivity index (χ0) is 14.4. The summed E-state index contributed by atoms with van der Waals surface area (Å²) in [5.74, 6) is 0.500. The molecule has 20 heavy (non-hydrogen) atoms. The van der Waals surface area contributed by atoms with Crippen LogP contribution in [0.4, 0.5) is 11.4 Å². The third kappa shape index (κ3) is 3.82. The number of benzene rings is 1. The van der Waals surface area contributed by atoms with Crippen molar-refractivity contribution in [1.29, 1.82) is 0 Å². The van der Waals surface area contributed by atoms with Gasteiger partial charge in [-0.15, -0.1) is 0 Å². The van der Waals surface area contributed by atoms with Crippen LogP contribution in [0.2, 0.25) is 0 Å². The number of nitrogens with one attached hydrogen (secondary N) is 2. The molecule has 0 radical (unpaired) electrons. The Morgan fingerprint density at radius 3 is 2.85 bits per heavy atom. The standard InChI is InChI=1S/C13H20N4O3/c1-20-13-10-11(17(18)19)2-3-12(13)15-6-9-16-7-4-14-5-8-16/h2-3,10,14-15H,4-9H2,1H3. The summed E-state index contributed by atoms with van der Waals surface area (Å²) in [5.41, 5.74) is 0.822. The van der Waals surface area contributed by atoms with Gasteiger partial charge in [-0.1, -0.05) is 0 Å². The van der Waals surface area contributed by atoms with Gasteiger partial charge in [-0.3, -0.25) is 15.0 Å². The fourth-order valence-corrected chi connectivity index (χ4v) is 2.22. The lowest BCUT2D eigenvalue weighted by Gasteiger charge is -2.27. The number of ether oxygens (including phenoxy) is 1. The predicted octanol–water partition coefficient (Wildman–Crippen LogP) is 0.920. The van der Waals surface area contributed by atoms with E-state index in [2.05, 4.69) is 15.5 Å². The Bertz CT molecular complexity index is 461. The highest BCUT2D eigenvalue weighted by atomic mass is 16.6. The number of hydrogen-bond donors (Lipinski definition) is 2. The third-order valence-electron chi connectivity index (χ3n) is 3.35. The Balaban J connectivity index is 1.89. The molecule has 1 fully saturated rings. The Labute approximate surface area is 118 Å². The molecule has 1 heterocycles. The van der Waals surface area contributed by atoms with Gasteiger partial charge >= 0.3 is 0 Å². The molecule has 0 atom stereocenters. The van der Waals surface area contributed by atoms with Crippen LogP contribution in [0.3, 0.4) is 0 Å². The van der Waals surface area contributed by atoms with Crippen molar-refractivity contribution in [1.82, 2.24) is 10.2 Å². The molecule has 0 aromatic heterocycles. The molecule has 1 aliphatic rings. The summed E-state index contributed by atoms with van der Waals surface area (Å²) in [6.45, 7) is 5.90. The Morgan fingerprint density at radius 2 is 2.20 bits per heavy atom. The predicted molar refractivity (Wildman–Crippen MR) is 77.4 cm³/mol. The van der Waals surface area contributed by atoms with Crippen molar-refractivity contribution in [3.8, 4) is 5.75 Å². The molecule has 7 nitrogen and oxygen atoms in total. The van der Waals surface area contributed by atoms with Crippen molar-refractivity contribution < 1.29 is 9.66 Å². The second-order valence-electron chi connectivity index (χ2n) is 4.66. The average molecular weight is 280 g/mol. The van der Waals surface area contributed by atoms with Crippen LogP contribution in [0.1, 0.15) is 0 Å². The van der Waals surface area contributed by atoms with E-state index < -0.39 is 4.92 Å². The molecule has 0 spiro atoms. The van der Waals surface area contributed by atoms with Crippen LogP contribution >= 0.6 is 0 Å².